The molecule has 0 saturated heterocycles. The normalized spacial score (nSPS) is 11.1. The van der Waals surface area contributed by atoms with Gasteiger partial charge in [-0.3, -0.25) is 0 Å². The number of hydrogen-bond acceptors (Lipinski definition) is 5. The third kappa shape index (κ3) is 7.67. The minimum absolute atomic E-state index is 0.312. The highest BCUT2D eigenvalue weighted by Crippen LogP contribution is 2.21. The fourth-order valence-corrected chi connectivity index (χ4v) is 2.82. The quantitative estimate of drug-likeness (QED) is 0.270. The summed E-state index contributed by atoms with van der Waals surface area (Å²) in [5.74, 6) is 3.54. The summed E-state index contributed by atoms with van der Waals surface area (Å²) in [6, 6.07) is 5.63. The molecule has 6 nitrogen and oxygen atoms in total. The second kappa shape index (κ2) is 12.9. The van der Waals surface area contributed by atoms with Crippen LogP contribution in [0, 0.1) is 12.3 Å². The lowest BCUT2D eigenvalue weighted by atomic mass is 10.3. The van der Waals surface area contributed by atoms with Gasteiger partial charge in [0.1, 0.15) is 12.4 Å². The number of terminal acetylenes is 1. The number of alkyl halides is 1. The average Bonchev–Trinajstić information content (AvgIpc) is 3.02. The molecule has 0 atom stereocenters. The zero-order chi connectivity index (χ0) is 19.3. The van der Waals surface area contributed by atoms with Crippen LogP contribution in [0.5, 0.6) is 0 Å². The van der Waals surface area contributed by atoms with Crippen molar-refractivity contribution in [1.82, 2.24) is 9.55 Å². The van der Waals surface area contributed by atoms with E-state index >= 15 is 0 Å². The van der Waals surface area contributed by atoms with Crippen LogP contribution in [0.15, 0.2) is 18.2 Å². The number of fused-ring (bicyclic) bond motifs is 1. The molecule has 0 aliphatic carbocycles. The second-order valence-corrected chi connectivity index (χ2v) is 6.24. The molecular weight excluding hydrogens is 391 g/mol. The Balaban J connectivity index is 1.56. The molecule has 0 saturated carbocycles. The molecule has 0 fully saturated rings. The van der Waals surface area contributed by atoms with E-state index in [1.807, 2.05) is 18.2 Å². The Bertz CT molecular complexity index is 730. The molecule has 0 unspecified atom stereocenters. The van der Waals surface area contributed by atoms with Crippen LogP contribution in [0.1, 0.15) is 5.82 Å². The van der Waals surface area contributed by atoms with Crippen LogP contribution in [0.4, 0.5) is 0 Å². The first kappa shape index (κ1) is 22.0. The van der Waals surface area contributed by atoms with Gasteiger partial charge in [-0.1, -0.05) is 17.5 Å². The smallest absolute Gasteiger partial charge is 0.124 e. The Morgan fingerprint density at radius 3 is 2.22 bits per heavy atom. The number of nitrogens with zero attached hydrogens (tertiary/aromatic N) is 2. The lowest BCUT2D eigenvalue weighted by Gasteiger charge is -2.09. The van der Waals surface area contributed by atoms with Gasteiger partial charge in [-0.25, -0.2) is 4.98 Å². The summed E-state index contributed by atoms with van der Waals surface area (Å²) in [4.78, 5) is 4.51. The van der Waals surface area contributed by atoms with Crippen LogP contribution in [-0.4, -0.2) is 62.4 Å². The lowest BCUT2D eigenvalue weighted by Crippen LogP contribution is -2.14. The molecule has 0 bridgehead atoms. The first-order chi connectivity index (χ1) is 13.3. The summed E-state index contributed by atoms with van der Waals surface area (Å²) in [5.41, 5.74) is 1.84. The van der Waals surface area contributed by atoms with E-state index in [0.717, 1.165) is 16.9 Å². The molecule has 1 aromatic carbocycles. The van der Waals surface area contributed by atoms with Crippen molar-refractivity contribution < 1.29 is 18.9 Å². The molecule has 1 heterocycles. The molecule has 27 heavy (non-hydrogen) atoms. The largest absolute Gasteiger partial charge is 0.377 e. The third-order valence-electron chi connectivity index (χ3n) is 3.67. The molecule has 0 aliphatic rings. The van der Waals surface area contributed by atoms with Crippen molar-refractivity contribution in [3.8, 4) is 12.3 Å². The van der Waals surface area contributed by atoms with Gasteiger partial charge in [-0.05, 0) is 18.2 Å². The Morgan fingerprint density at radius 2 is 1.59 bits per heavy atom. The van der Waals surface area contributed by atoms with Gasteiger partial charge >= 0.3 is 0 Å². The number of hydrogen-bond donors (Lipinski definition) is 0. The van der Waals surface area contributed by atoms with E-state index in [4.69, 9.17) is 48.6 Å². The molecule has 0 spiro atoms. The molecule has 0 N–H and O–H groups in total. The van der Waals surface area contributed by atoms with E-state index in [2.05, 4.69) is 15.5 Å². The SMILES string of the molecule is C#CCOCCOCCOCCOCCn1c(CCl)nc2cc(Cl)ccc21. The van der Waals surface area contributed by atoms with E-state index in [1.54, 1.807) is 0 Å². The Morgan fingerprint density at radius 1 is 0.963 bits per heavy atom. The van der Waals surface area contributed by atoms with Gasteiger partial charge in [0.25, 0.3) is 0 Å². The maximum Gasteiger partial charge on any atom is 0.124 e. The summed E-state index contributed by atoms with van der Waals surface area (Å²) >= 11 is 12.0. The number of benzene rings is 1. The first-order valence-electron chi connectivity index (χ1n) is 8.71. The predicted molar refractivity (Wildman–Crippen MR) is 106 cm³/mol. The van der Waals surface area contributed by atoms with Crippen molar-refractivity contribution in [1.29, 1.82) is 0 Å². The van der Waals surface area contributed by atoms with Crippen molar-refractivity contribution in [3.05, 3.63) is 29.0 Å². The molecule has 2 aromatic rings. The summed E-state index contributed by atoms with van der Waals surface area (Å²) in [7, 11) is 0. The Labute approximate surface area is 169 Å². The van der Waals surface area contributed by atoms with Gasteiger partial charge < -0.3 is 23.5 Å². The average molecular weight is 415 g/mol. The molecule has 1 aromatic heterocycles. The van der Waals surface area contributed by atoms with Gasteiger partial charge in [0.2, 0.25) is 0 Å². The van der Waals surface area contributed by atoms with Crippen LogP contribution in [0.3, 0.4) is 0 Å². The van der Waals surface area contributed by atoms with Gasteiger partial charge in [-0.15, -0.1) is 18.0 Å². The maximum atomic E-state index is 6.02. The van der Waals surface area contributed by atoms with Gasteiger partial charge in [0.05, 0.1) is 63.2 Å². The van der Waals surface area contributed by atoms with Crippen molar-refractivity contribution >= 4 is 34.2 Å². The summed E-state index contributed by atoms with van der Waals surface area (Å²) in [5, 5.41) is 0.658. The fraction of sp³-hybridized carbons (Fsp3) is 0.526. The minimum Gasteiger partial charge on any atom is -0.377 e. The van der Waals surface area contributed by atoms with Crippen LogP contribution < -0.4 is 0 Å². The molecule has 0 amide bonds. The van der Waals surface area contributed by atoms with Crippen molar-refractivity contribution in [2.75, 3.05) is 52.9 Å². The molecular formula is C19H24Cl2N2O4. The summed E-state index contributed by atoms with van der Waals surface area (Å²) in [6.07, 6.45) is 5.07. The van der Waals surface area contributed by atoms with Gasteiger partial charge in [0.15, 0.2) is 0 Å². The zero-order valence-corrected chi connectivity index (χ0v) is 16.7. The highest BCUT2D eigenvalue weighted by atomic mass is 35.5. The standard InChI is InChI=1S/C19H24Cl2N2O4/c1-2-6-24-8-10-26-12-13-27-11-9-25-7-5-23-18-4-3-16(21)14-17(18)22-19(23)15-20/h1,3-4,14H,5-13,15H2. The lowest BCUT2D eigenvalue weighted by molar-refractivity contribution is 0.000509. The predicted octanol–water partition coefficient (Wildman–Crippen LogP) is 3.13. The Kier molecular flexibility index (Phi) is 10.5. The highest BCUT2D eigenvalue weighted by molar-refractivity contribution is 6.31. The molecule has 2 rings (SSSR count). The molecule has 0 radical (unpaired) electrons. The van der Waals surface area contributed by atoms with E-state index in [1.165, 1.54) is 0 Å². The van der Waals surface area contributed by atoms with E-state index in [9.17, 15) is 0 Å². The van der Waals surface area contributed by atoms with E-state index in [0.29, 0.717) is 70.3 Å². The van der Waals surface area contributed by atoms with Crippen LogP contribution in [-0.2, 0) is 31.4 Å². The zero-order valence-electron chi connectivity index (χ0n) is 15.2. The highest BCUT2D eigenvalue weighted by Gasteiger charge is 2.10. The monoisotopic (exact) mass is 414 g/mol. The summed E-state index contributed by atoms with van der Waals surface area (Å²) < 4.78 is 23.6. The second-order valence-electron chi connectivity index (χ2n) is 5.54. The van der Waals surface area contributed by atoms with Crippen LogP contribution in [0.2, 0.25) is 5.02 Å². The van der Waals surface area contributed by atoms with Crippen molar-refractivity contribution in [2.24, 2.45) is 0 Å². The fourth-order valence-electron chi connectivity index (χ4n) is 2.45. The topological polar surface area (TPSA) is 54.7 Å². The van der Waals surface area contributed by atoms with Crippen LogP contribution >= 0.6 is 23.2 Å². The number of imidazole rings is 1. The third-order valence-corrected chi connectivity index (χ3v) is 4.14. The molecule has 0 aliphatic heterocycles. The first-order valence-corrected chi connectivity index (χ1v) is 9.62. The maximum absolute atomic E-state index is 6.02. The van der Waals surface area contributed by atoms with Gasteiger partial charge in [-0.2, -0.15) is 0 Å². The molecule has 8 heteroatoms. The molecule has 148 valence electrons. The Hall–Kier alpha value is -1.33. The number of ether oxygens (including phenoxy) is 4. The van der Waals surface area contributed by atoms with E-state index < -0.39 is 0 Å². The number of rotatable bonds is 14. The number of aromatic nitrogens is 2. The summed E-state index contributed by atoms with van der Waals surface area (Å²) in [6.45, 7) is 4.59. The van der Waals surface area contributed by atoms with Crippen molar-refractivity contribution in [3.63, 3.8) is 0 Å². The number of halogens is 2. The van der Waals surface area contributed by atoms with E-state index in [-0.39, 0.29) is 0 Å². The van der Waals surface area contributed by atoms with Crippen molar-refractivity contribution in [2.45, 2.75) is 12.4 Å². The minimum atomic E-state index is 0.312. The van der Waals surface area contributed by atoms with Gasteiger partial charge in [0, 0.05) is 11.6 Å². The van der Waals surface area contributed by atoms with Crippen LogP contribution in [0.25, 0.3) is 11.0 Å².